The van der Waals surface area contributed by atoms with Gasteiger partial charge in [0.2, 0.25) is 0 Å². The molecule has 13 heavy (non-hydrogen) atoms. The Bertz CT molecular complexity index is 380. The fourth-order valence-electron chi connectivity index (χ4n) is 1.10. The molecule has 0 aliphatic carbocycles. The lowest BCUT2D eigenvalue weighted by molar-refractivity contribution is 0.830. The molecule has 1 aromatic heterocycles. The van der Waals surface area contributed by atoms with Crippen LogP contribution in [0.2, 0.25) is 0 Å². The third-order valence-electron chi connectivity index (χ3n) is 1.74. The van der Waals surface area contributed by atoms with Crippen molar-refractivity contribution >= 4 is 0 Å². The summed E-state index contributed by atoms with van der Waals surface area (Å²) in [5.41, 5.74) is 6.40. The highest BCUT2D eigenvalue weighted by Crippen LogP contribution is 2.03. The van der Waals surface area contributed by atoms with Crippen LogP contribution in [0.4, 0.5) is 0 Å². The van der Waals surface area contributed by atoms with Crippen molar-refractivity contribution < 1.29 is 0 Å². The first-order valence-electron chi connectivity index (χ1n) is 4.06. The zero-order valence-corrected chi connectivity index (χ0v) is 7.09. The number of nitrogens with two attached hydrogens (primary N) is 1. The van der Waals surface area contributed by atoms with Crippen molar-refractivity contribution in [2.75, 3.05) is 0 Å². The Kier molecular flexibility index (Phi) is 2.06. The van der Waals surface area contributed by atoms with E-state index in [0.717, 1.165) is 5.69 Å². The van der Waals surface area contributed by atoms with E-state index in [9.17, 15) is 0 Å². The average Bonchev–Trinajstić information content (AvgIpc) is 2.67. The summed E-state index contributed by atoms with van der Waals surface area (Å²) in [7, 11) is 0. The smallest absolute Gasteiger partial charge is 0.164 e. The summed E-state index contributed by atoms with van der Waals surface area (Å²) in [6.45, 7) is 0.375. The maximum Gasteiger partial charge on any atom is 0.164 e. The highest BCUT2D eigenvalue weighted by Gasteiger charge is 1.98. The van der Waals surface area contributed by atoms with Crippen LogP contribution in [-0.2, 0) is 6.54 Å². The number of nitrogens with zero attached hydrogens (tertiary/aromatic N) is 3. The molecule has 0 spiro atoms. The fraction of sp³-hybridized carbons (Fsp3) is 0.111. The summed E-state index contributed by atoms with van der Waals surface area (Å²) in [5, 5.41) is 4.18. The van der Waals surface area contributed by atoms with Crippen LogP contribution in [0.1, 0.15) is 5.82 Å². The van der Waals surface area contributed by atoms with Crippen LogP contribution < -0.4 is 5.73 Å². The summed E-state index contributed by atoms with van der Waals surface area (Å²) in [5.74, 6) is 0.656. The number of hydrogen-bond donors (Lipinski definition) is 1. The Morgan fingerprint density at radius 2 is 2.00 bits per heavy atom. The predicted octanol–water partition coefficient (Wildman–Crippen LogP) is 0.726. The van der Waals surface area contributed by atoms with Crippen molar-refractivity contribution in [3.05, 3.63) is 42.5 Å². The van der Waals surface area contributed by atoms with Crippen molar-refractivity contribution in [3.63, 3.8) is 0 Å². The Hall–Kier alpha value is -1.68. The molecule has 4 nitrogen and oxygen atoms in total. The zero-order chi connectivity index (χ0) is 9.10. The molecule has 1 aromatic carbocycles. The molecule has 1 heterocycles. The van der Waals surface area contributed by atoms with Gasteiger partial charge in [0, 0.05) is 0 Å². The van der Waals surface area contributed by atoms with Crippen molar-refractivity contribution in [2.24, 2.45) is 5.73 Å². The van der Waals surface area contributed by atoms with Crippen molar-refractivity contribution in [1.29, 1.82) is 0 Å². The Morgan fingerprint density at radius 3 is 2.62 bits per heavy atom. The van der Waals surface area contributed by atoms with Crippen LogP contribution in [0.3, 0.4) is 0 Å². The summed E-state index contributed by atoms with van der Waals surface area (Å²) >= 11 is 0. The van der Waals surface area contributed by atoms with Crippen LogP contribution >= 0.6 is 0 Å². The van der Waals surface area contributed by atoms with Gasteiger partial charge in [0.25, 0.3) is 0 Å². The van der Waals surface area contributed by atoms with Gasteiger partial charge in [-0.15, -0.1) is 5.10 Å². The first-order chi connectivity index (χ1) is 6.40. The minimum absolute atomic E-state index is 0.375. The zero-order valence-electron chi connectivity index (χ0n) is 7.09. The van der Waals surface area contributed by atoms with Crippen LogP contribution in [0.5, 0.6) is 0 Å². The Labute approximate surface area is 76.0 Å². The highest BCUT2D eigenvalue weighted by molar-refractivity contribution is 5.29. The maximum atomic E-state index is 5.40. The molecule has 0 saturated heterocycles. The van der Waals surface area contributed by atoms with Gasteiger partial charge in [-0.25, -0.2) is 9.67 Å². The first kappa shape index (κ1) is 7.94. The quantitative estimate of drug-likeness (QED) is 0.730. The van der Waals surface area contributed by atoms with E-state index in [1.807, 2.05) is 30.3 Å². The summed E-state index contributed by atoms with van der Waals surface area (Å²) in [4.78, 5) is 4.04. The monoisotopic (exact) mass is 174 g/mol. The van der Waals surface area contributed by atoms with Gasteiger partial charge in [-0.3, -0.25) is 0 Å². The second-order valence-electron chi connectivity index (χ2n) is 2.65. The molecule has 0 bridgehead atoms. The molecule has 2 aromatic rings. The molecule has 0 aliphatic heterocycles. The molecular formula is C9H10N4. The van der Waals surface area contributed by atoms with Gasteiger partial charge in [-0.2, -0.15) is 0 Å². The van der Waals surface area contributed by atoms with Crippen molar-refractivity contribution in [3.8, 4) is 5.69 Å². The van der Waals surface area contributed by atoms with E-state index in [1.54, 1.807) is 11.0 Å². The lowest BCUT2D eigenvalue weighted by atomic mass is 10.3. The van der Waals surface area contributed by atoms with Gasteiger partial charge in [0.1, 0.15) is 6.33 Å². The number of hydrogen-bond acceptors (Lipinski definition) is 3. The molecule has 0 unspecified atom stereocenters. The normalized spacial score (nSPS) is 10.2. The van der Waals surface area contributed by atoms with Crippen LogP contribution in [0.15, 0.2) is 36.7 Å². The number of aromatic nitrogens is 3. The number of para-hydroxylation sites is 1. The Balaban J connectivity index is 2.36. The van der Waals surface area contributed by atoms with Gasteiger partial charge in [0.05, 0.1) is 12.2 Å². The van der Waals surface area contributed by atoms with E-state index in [0.29, 0.717) is 12.4 Å². The van der Waals surface area contributed by atoms with Crippen LogP contribution in [-0.4, -0.2) is 14.8 Å². The predicted molar refractivity (Wildman–Crippen MR) is 49.3 cm³/mol. The standard InChI is InChI=1S/C9H10N4/c10-6-9-11-7-13(12-9)8-4-2-1-3-5-8/h1-5,7H,6,10H2. The third-order valence-corrected chi connectivity index (χ3v) is 1.74. The molecule has 0 aliphatic rings. The van der Waals surface area contributed by atoms with Gasteiger partial charge in [-0.05, 0) is 12.1 Å². The number of rotatable bonds is 2. The lowest BCUT2D eigenvalue weighted by Crippen LogP contribution is -2.00. The molecule has 4 heteroatoms. The second-order valence-corrected chi connectivity index (χ2v) is 2.65. The van der Waals surface area contributed by atoms with E-state index in [2.05, 4.69) is 10.1 Å². The van der Waals surface area contributed by atoms with Gasteiger partial charge < -0.3 is 5.73 Å². The highest BCUT2D eigenvalue weighted by atomic mass is 15.3. The average molecular weight is 174 g/mol. The summed E-state index contributed by atoms with van der Waals surface area (Å²) < 4.78 is 1.71. The summed E-state index contributed by atoms with van der Waals surface area (Å²) in [6, 6.07) is 9.81. The van der Waals surface area contributed by atoms with Gasteiger partial charge >= 0.3 is 0 Å². The van der Waals surface area contributed by atoms with Gasteiger partial charge in [-0.1, -0.05) is 18.2 Å². The molecule has 66 valence electrons. The minimum atomic E-state index is 0.375. The van der Waals surface area contributed by atoms with Crippen molar-refractivity contribution in [1.82, 2.24) is 14.8 Å². The maximum absolute atomic E-state index is 5.40. The van der Waals surface area contributed by atoms with E-state index < -0.39 is 0 Å². The molecule has 0 amide bonds. The lowest BCUT2D eigenvalue weighted by Gasteiger charge is -1.97. The molecule has 0 fully saturated rings. The van der Waals surface area contributed by atoms with Crippen LogP contribution in [0, 0.1) is 0 Å². The molecule has 0 radical (unpaired) electrons. The largest absolute Gasteiger partial charge is 0.324 e. The fourth-order valence-corrected chi connectivity index (χ4v) is 1.10. The van der Waals surface area contributed by atoms with E-state index in [4.69, 9.17) is 5.73 Å². The van der Waals surface area contributed by atoms with Gasteiger partial charge in [0.15, 0.2) is 5.82 Å². The van der Waals surface area contributed by atoms with E-state index >= 15 is 0 Å². The van der Waals surface area contributed by atoms with E-state index in [-0.39, 0.29) is 0 Å². The topological polar surface area (TPSA) is 56.7 Å². The van der Waals surface area contributed by atoms with E-state index in [1.165, 1.54) is 0 Å². The minimum Gasteiger partial charge on any atom is -0.324 e. The second kappa shape index (κ2) is 3.37. The van der Waals surface area contributed by atoms with Crippen LogP contribution in [0.25, 0.3) is 5.69 Å². The third kappa shape index (κ3) is 1.57. The Morgan fingerprint density at radius 1 is 1.23 bits per heavy atom. The first-order valence-corrected chi connectivity index (χ1v) is 4.06. The summed E-state index contributed by atoms with van der Waals surface area (Å²) in [6.07, 6.45) is 1.66. The number of benzene rings is 1. The van der Waals surface area contributed by atoms with Crippen molar-refractivity contribution in [2.45, 2.75) is 6.54 Å². The molecule has 2 N–H and O–H groups in total. The molecule has 0 atom stereocenters. The molecule has 2 rings (SSSR count). The SMILES string of the molecule is NCc1ncn(-c2ccccc2)n1. The molecule has 0 saturated carbocycles. The molecular weight excluding hydrogens is 164 g/mol.